The van der Waals surface area contributed by atoms with Crippen LogP contribution in [0.25, 0.3) is 0 Å². The van der Waals surface area contributed by atoms with Crippen LogP contribution in [-0.4, -0.2) is 22.2 Å². The number of hydrogen-bond donors (Lipinski definition) is 1. The number of nitrogens with one attached hydrogen (secondary N) is 1. The van der Waals surface area contributed by atoms with Crippen LogP contribution in [0.3, 0.4) is 0 Å². The molecular formula is C17H25N3O. The van der Waals surface area contributed by atoms with Gasteiger partial charge in [-0.05, 0) is 45.4 Å². The molecule has 0 bridgehead atoms. The van der Waals surface area contributed by atoms with Crippen molar-refractivity contribution in [2.45, 2.75) is 46.3 Å². The number of aromatic nitrogens is 2. The van der Waals surface area contributed by atoms with Crippen molar-refractivity contribution < 1.29 is 4.74 Å². The summed E-state index contributed by atoms with van der Waals surface area (Å²) in [4.78, 5) is 4.27. The topological polar surface area (TPSA) is 39.1 Å². The summed E-state index contributed by atoms with van der Waals surface area (Å²) in [5.74, 6) is 1.93. The van der Waals surface area contributed by atoms with Crippen molar-refractivity contribution in [1.29, 1.82) is 0 Å². The van der Waals surface area contributed by atoms with Gasteiger partial charge in [0.2, 0.25) is 0 Å². The lowest BCUT2D eigenvalue weighted by molar-refractivity contribution is 0.406. The van der Waals surface area contributed by atoms with E-state index in [0.717, 1.165) is 24.7 Å². The molecule has 0 radical (unpaired) electrons. The Bertz CT molecular complexity index is 596. The summed E-state index contributed by atoms with van der Waals surface area (Å²) in [5.41, 5.74) is 2.55. The second-order valence-electron chi connectivity index (χ2n) is 6.35. The van der Waals surface area contributed by atoms with Crippen molar-refractivity contribution in [2.75, 3.05) is 7.11 Å². The Labute approximate surface area is 127 Å². The normalized spacial score (nSPS) is 11.7. The van der Waals surface area contributed by atoms with E-state index in [1.54, 1.807) is 7.11 Å². The minimum absolute atomic E-state index is 0.112. The smallest absolute Gasteiger partial charge is 0.123 e. The Morgan fingerprint density at radius 3 is 2.62 bits per heavy atom. The third-order valence-corrected chi connectivity index (χ3v) is 3.43. The maximum atomic E-state index is 5.48. The van der Waals surface area contributed by atoms with Gasteiger partial charge in [-0.3, -0.25) is 0 Å². The zero-order chi connectivity index (χ0) is 15.5. The van der Waals surface area contributed by atoms with E-state index in [1.807, 2.05) is 25.4 Å². The fourth-order valence-electron chi connectivity index (χ4n) is 2.19. The zero-order valence-corrected chi connectivity index (χ0v) is 13.6. The molecule has 1 aromatic carbocycles. The largest absolute Gasteiger partial charge is 0.496 e. The van der Waals surface area contributed by atoms with Crippen molar-refractivity contribution in [3.05, 3.63) is 47.5 Å². The Kier molecular flexibility index (Phi) is 4.68. The number of hydrogen-bond acceptors (Lipinski definition) is 3. The first-order valence-electron chi connectivity index (χ1n) is 7.27. The Morgan fingerprint density at radius 2 is 2.05 bits per heavy atom. The first-order chi connectivity index (χ1) is 9.89. The molecule has 1 aromatic heterocycles. The number of imidazole rings is 1. The lowest BCUT2D eigenvalue weighted by Crippen LogP contribution is -2.35. The molecule has 0 aliphatic heterocycles. The molecule has 0 fully saturated rings. The summed E-state index contributed by atoms with van der Waals surface area (Å²) >= 11 is 0. The Morgan fingerprint density at radius 1 is 1.29 bits per heavy atom. The van der Waals surface area contributed by atoms with E-state index in [-0.39, 0.29) is 5.54 Å². The molecule has 1 heterocycles. The van der Waals surface area contributed by atoms with Gasteiger partial charge >= 0.3 is 0 Å². The molecule has 0 saturated heterocycles. The second-order valence-corrected chi connectivity index (χ2v) is 6.35. The molecule has 0 unspecified atom stereocenters. The van der Waals surface area contributed by atoms with Crippen LogP contribution in [0.2, 0.25) is 0 Å². The molecule has 4 nitrogen and oxygen atoms in total. The predicted octanol–water partition coefficient (Wildman–Crippen LogP) is 3.14. The number of methoxy groups -OCH3 is 1. The first-order valence-corrected chi connectivity index (χ1v) is 7.27. The maximum Gasteiger partial charge on any atom is 0.123 e. The van der Waals surface area contributed by atoms with Gasteiger partial charge in [-0.1, -0.05) is 6.07 Å². The van der Waals surface area contributed by atoms with Crippen LogP contribution in [0.4, 0.5) is 0 Å². The molecule has 114 valence electrons. The molecule has 1 N–H and O–H groups in total. The van der Waals surface area contributed by atoms with E-state index in [1.165, 1.54) is 11.1 Å². The lowest BCUT2D eigenvalue weighted by atomic mass is 10.1. The van der Waals surface area contributed by atoms with Gasteiger partial charge in [0.1, 0.15) is 11.6 Å². The van der Waals surface area contributed by atoms with Gasteiger partial charge < -0.3 is 14.6 Å². The van der Waals surface area contributed by atoms with Crippen molar-refractivity contribution in [3.8, 4) is 5.75 Å². The molecule has 0 saturated carbocycles. The van der Waals surface area contributed by atoms with Gasteiger partial charge in [0.05, 0.1) is 13.7 Å². The molecule has 4 heteroatoms. The third-order valence-electron chi connectivity index (χ3n) is 3.43. The van der Waals surface area contributed by atoms with Crippen LogP contribution in [0.15, 0.2) is 30.6 Å². The van der Waals surface area contributed by atoms with Crippen LogP contribution in [0, 0.1) is 6.92 Å². The third kappa shape index (κ3) is 4.33. The summed E-state index contributed by atoms with van der Waals surface area (Å²) in [6, 6.07) is 6.36. The van der Waals surface area contributed by atoms with Crippen LogP contribution in [-0.2, 0) is 13.1 Å². The highest BCUT2D eigenvalue weighted by Crippen LogP contribution is 2.22. The summed E-state index contributed by atoms with van der Waals surface area (Å²) < 4.78 is 7.60. The number of benzene rings is 1. The molecule has 0 aliphatic carbocycles. The van der Waals surface area contributed by atoms with Gasteiger partial charge in [-0.2, -0.15) is 0 Å². The highest BCUT2D eigenvalue weighted by atomic mass is 16.5. The van der Waals surface area contributed by atoms with Crippen molar-refractivity contribution >= 4 is 0 Å². The van der Waals surface area contributed by atoms with Crippen molar-refractivity contribution in [2.24, 2.45) is 0 Å². The van der Waals surface area contributed by atoms with E-state index in [9.17, 15) is 0 Å². The average Bonchev–Trinajstić information content (AvgIpc) is 2.81. The molecule has 0 aliphatic rings. The highest BCUT2D eigenvalue weighted by molar-refractivity contribution is 5.37. The summed E-state index contributed by atoms with van der Waals surface area (Å²) in [6.45, 7) is 10.2. The predicted molar refractivity (Wildman–Crippen MR) is 85.7 cm³/mol. The van der Waals surface area contributed by atoms with Crippen LogP contribution in [0.1, 0.15) is 37.7 Å². The number of rotatable bonds is 5. The number of ether oxygens (including phenoxy) is 1. The highest BCUT2D eigenvalue weighted by Gasteiger charge is 2.11. The van der Waals surface area contributed by atoms with Gasteiger partial charge in [-0.25, -0.2) is 4.98 Å². The van der Waals surface area contributed by atoms with Crippen LogP contribution < -0.4 is 10.1 Å². The van der Waals surface area contributed by atoms with Crippen LogP contribution in [0.5, 0.6) is 5.75 Å². The van der Waals surface area contributed by atoms with E-state index in [4.69, 9.17) is 4.74 Å². The van der Waals surface area contributed by atoms with Gasteiger partial charge in [0, 0.05) is 30.0 Å². The molecule has 0 spiro atoms. The minimum Gasteiger partial charge on any atom is -0.496 e. The van der Waals surface area contributed by atoms with Crippen molar-refractivity contribution in [1.82, 2.24) is 14.9 Å². The monoisotopic (exact) mass is 287 g/mol. The standard InChI is InChI=1S/C17H25N3O/c1-13-18-8-9-20(13)12-15-10-14(6-7-16(15)21-5)11-19-17(2,3)4/h6-10,19H,11-12H2,1-5H3. The summed E-state index contributed by atoms with van der Waals surface area (Å²) in [5, 5.41) is 3.51. The second kappa shape index (κ2) is 6.31. The molecular weight excluding hydrogens is 262 g/mol. The summed E-state index contributed by atoms with van der Waals surface area (Å²) in [7, 11) is 1.71. The molecule has 0 amide bonds. The van der Waals surface area contributed by atoms with E-state index in [0.29, 0.717) is 0 Å². The zero-order valence-electron chi connectivity index (χ0n) is 13.6. The van der Waals surface area contributed by atoms with E-state index >= 15 is 0 Å². The Hall–Kier alpha value is -1.81. The Balaban J connectivity index is 2.20. The maximum absolute atomic E-state index is 5.48. The summed E-state index contributed by atoms with van der Waals surface area (Å²) in [6.07, 6.45) is 3.82. The quantitative estimate of drug-likeness (QED) is 0.918. The molecule has 2 rings (SSSR count). The fraction of sp³-hybridized carbons (Fsp3) is 0.471. The number of aryl methyl sites for hydroxylation is 1. The SMILES string of the molecule is COc1ccc(CNC(C)(C)C)cc1Cn1ccnc1C. The number of nitrogens with zero attached hydrogens (tertiary/aromatic N) is 2. The first kappa shape index (κ1) is 15.6. The molecule has 2 aromatic rings. The van der Waals surface area contributed by atoms with Crippen LogP contribution >= 0.6 is 0 Å². The van der Waals surface area contributed by atoms with E-state index in [2.05, 4.69) is 47.8 Å². The van der Waals surface area contributed by atoms with E-state index < -0.39 is 0 Å². The van der Waals surface area contributed by atoms with Gasteiger partial charge in [0.15, 0.2) is 0 Å². The van der Waals surface area contributed by atoms with Gasteiger partial charge in [-0.15, -0.1) is 0 Å². The minimum atomic E-state index is 0.112. The average molecular weight is 287 g/mol. The van der Waals surface area contributed by atoms with Crippen molar-refractivity contribution in [3.63, 3.8) is 0 Å². The molecule has 21 heavy (non-hydrogen) atoms. The molecule has 0 atom stereocenters. The lowest BCUT2D eigenvalue weighted by Gasteiger charge is -2.21. The fourth-order valence-corrected chi connectivity index (χ4v) is 2.19. The van der Waals surface area contributed by atoms with Gasteiger partial charge in [0.25, 0.3) is 0 Å².